The largest absolute Gasteiger partial charge is 0.485 e. The molecule has 5 nitrogen and oxygen atoms in total. The second-order valence-corrected chi connectivity index (χ2v) is 6.92. The highest BCUT2D eigenvalue weighted by Gasteiger charge is 2.43. The molecule has 3 rings (SSSR count). The zero-order chi connectivity index (χ0) is 19.1. The molecule has 0 radical (unpaired) electrons. The normalized spacial score (nSPS) is 20.7. The molecule has 1 heterocycles. The number of amides is 1. The van der Waals surface area contributed by atoms with Crippen molar-refractivity contribution >= 4 is 11.7 Å². The molecule has 2 aromatic rings. The molecule has 1 amide bonds. The second kappa shape index (κ2) is 6.53. The Labute approximate surface area is 150 Å². The molecule has 0 unspecified atom stereocenters. The van der Waals surface area contributed by atoms with Gasteiger partial charge in [-0.05, 0) is 63.2 Å². The molecule has 2 atom stereocenters. The van der Waals surface area contributed by atoms with Crippen molar-refractivity contribution in [1.82, 2.24) is 5.32 Å². The summed E-state index contributed by atoms with van der Waals surface area (Å²) >= 11 is 0. The average Bonchev–Trinajstić information content (AvgIpc) is 2.58. The summed E-state index contributed by atoms with van der Waals surface area (Å²) in [5.41, 5.74) is 0.318. The summed E-state index contributed by atoms with van der Waals surface area (Å²) in [5, 5.41) is 13.5. The summed E-state index contributed by atoms with van der Waals surface area (Å²) in [6, 6.07) is 9.28. The summed E-state index contributed by atoms with van der Waals surface area (Å²) in [7, 11) is 0. The van der Waals surface area contributed by atoms with Crippen molar-refractivity contribution in [3.05, 3.63) is 65.0 Å². The van der Waals surface area contributed by atoms with E-state index in [0.29, 0.717) is 16.9 Å². The highest BCUT2D eigenvalue weighted by Crippen LogP contribution is 2.40. The molecule has 26 heavy (non-hydrogen) atoms. The van der Waals surface area contributed by atoms with Gasteiger partial charge >= 0.3 is 0 Å². The van der Waals surface area contributed by atoms with Gasteiger partial charge < -0.3 is 15.2 Å². The van der Waals surface area contributed by atoms with Crippen LogP contribution in [0.5, 0.6) is 5.75 Å². The average molecular weight is 357 g/mol. The Kier molecular flexibility index (Phi) is 4.54. The molecule has 1 aliphatic rings. The molecule has 0 aliphatic carbocycles. The van der Waals surface area contributed by atoms with Crippen LogP contribution >= 0.6 is 0 Å². The molecule has 2 aromatic carbocycles. The molecule has 1 aliphatic heterocycles. The standard InChI is InChI=1S/C20H20FNO4/c1-11(23)13-6-9-16-15(10-13)17(18(24)20(2,3)26-16)22-19(25)12-4-7-14(21)8-5-12/h4-10,17-18,24H,1-3H3,(H,22,25)/t17-,18-/m1/s1. The Bertz CT molecular complexity index is 861. The minimum atomic E-state index is -1.04. The van der Waals surface area contributed by atoms with Crippen molar-refractivity contribution in [2.24, 2.45) is 0 Å². The number of aliphatic hydroxyl groups is 1. The van der Waals surface area contributed by atoms with Gasteiger partial charge in [0.25, 0.3) is 5.91 Å². The van der Waals surface area contributed by atoms with E-state index in [9.17, 15) is 19.1 Å². The van der Waals surface area contributed by atoms with Gasteiger partial charge in [-0.2, -0.15) is 0 Å². The first kappa shape index (κ1) is 18.1. The third-order valence-corrected chi connectivity index (χ3v) is 4.55. The molecule has 136 valence electrons. The number of carbonyl (C=O) groups excluding carboxylic acids is 2. The highest BCUT2D eigenvalue weighted by atomic mass is 19.1. The molecule has 0 bridgehead atoms. The topological polar surface area (TPSA) is 75.6 Å². The van der Waals surface area contributed by atoms with E-state index in [0.717, 1.165) is 0 Å². The van der Waals surface area contributed by atoms with Gasteiger partial charge in [0.1, 0.15) is 23.3 Å². The Morgan fingerprint density at radius 2 is 1.73 bits per heavy atom. The maximum absolute atomic E-state index is 13.1. The summed E-state index contributed by atoms with van der Waals surface area (Å²) in [5.74, 6) is -0.526. The van der Waals surface area contributed by atoms with E-state index in [-0.39, 0.29) is 11.3 Å². The monoisotopic (exact) mass is 357 g/mol. The number of ether oxygens (including phenoxy) is 1. The van der Waals surface area contributed by atoms with Crippen molar-refractivity contribution < 1.29 is 23.8 Å². The number of aliphatic hydroxyl groups excluding tert-OH is 1. The van der Waals surface area contributed by atoms with Gasteiger partial charge in [-0.3, -0.25) is 9.59 Å². The molecular formula is C20H20FNO4. The third-order valence-electron chi connectivity index (χ3n) is 4.55. The minimum Gasteiger partial charge on any atom is -0.485 e. The van der Waals surface area contributed by atoms with Gasteiger partial charge in [0.05, 0.1) is 6.04 Å². The number of ketones is 1. The number of fused-ring (bicyclic) bond motifs is 1. The number of carbonyl (C=O) groups is 2. The molecular weight excluding hydrogens is 337 g/mol. The van der Waals surface area contributed by atoms with E-state index in [1.54, 1.807) is 32.0 Å². The van der Waals surface area contributed by atoms with E-state index in [2.05, 4.69) is 5.32 Å². The minimum absolute atomic E-state index is 0.129. The van der Waals surface area contributed by atoms with Crippen LogP contribution in [0.4, 0.5) is 4.39 Å². The van der Waals surface area contributed by atoms with Crippen LogP contribution in [-0.4, -0.2) is 28.5 Å². The zero-order valence-corrected chi connectivity index (χ0v) is 14.7. The van der Waals surface area contributed by atoms with Gasteiger partial charge in [-0.1, -0.05) is 0 Å². The Hall–Kier alpha value is -2.73. The Balaban J connectivity index is 1.99. The number of rotatable bonds is 3. The van der Waals surface area contributed by atoms with Gasteiger partial charge in [0.2, 0.25) is 0 Å². The number of Topliss-reactive ketones (excluding diaryl/α,β-unsaturated/α-hetero) is 1. The number of hydrogen-bond acceptors (Lipinski definition) is 4. The first-order valence-corrected chi connectivity index (χ1v) is 8.27. The molecule has 0 spiro atoms. The SMILES string of the molecule is CC(=O)c1ccc2c(c1)[C@@H](NC(=O)c1ccc(F)cc1)[C@@H](O)C(C)(C)O2. The van der Waals surface area contributed by atoms with Crippen LogP contribution in [0, 0.1) is 5.82 Å². The van der Waals surface area contributed by atoms with Crippen molar-refractivity contribution in [2.45, 2.75) is 38.5 Å². The first-order valence-electron chi connectivity index (χ1n) is 8.27. The van der Waals surface area contributed by atoms with Crippen LogP contribution in [0.2, 0.25) is 0 Å². The van der Waals surface area contributed by atoms with Gasteiger partial charge in [-0.25, -0.2) is 4.39 Å². The van der Waals surface area contributed by atoms with Crippen LogP contribution in [0.25, 0.3) is 0 Å². The third kappa shape index (κ3) is 3.32. The molecule has 2 N–H and O–H groups in total. The lowest BCUT2D eigenvalue weighted by Gasteiger charge is -2.42. The van der Waals surface area contributed by atoms with E-state index >= 15 is 0 Å². The number of hydrogen-bond donors (Lipinski definition) is 2. The van der Waals surface area contributed by atoms with E-state index in [4.69, 9.17) is 4.74 Å². The predicted octanol–water partition coefficient (Wildman–Crippen LogP) is 3.03. The van der Waals surface area contributed by atoms with Crippen molar-refractivity contribution in [2.75, 3.05) is 0 Å². The van der Waals surface area contributed by atoms with Gasteiger partial charge in [0.15, 0.2) is 5.78 Å². The number of benzene rings is 2. The number of halogens is 1. The van der Waals surface area contributed by atoms with Gasteiger partial charge in [-0.15, -0.1) is 0 Å². The van der Waals surface area contributed by atoms with Crippen LogP contribution in [0.15, 0.2) is 42.5 Å². The van der Waals surface area contributed by atoms with E-state index in [1.165, 1.54) is 31.2 Å². The lowest BCUT2D eigenvalue weighted by Crippen LogP contribution is -2.53. The van der Waals surface area contributed by atoms with Crippen molar-refractivity contribution in [3.63, 3.8) is 0 Å². The maximum Gasteiger partial charge on any atom is 0.251 e. The van der Waals surface area contributed by atoms with Gasteiger partial charge in [0, 0.05) is 16.7 Å². The molecule has 0 fully saturated rings. The smallest absolute Gasteiger partial charge is 0.251 e. The fourth-order valence-corrected chi connectivity index (χ4v) is 3.00. The van der Waals surface area contributed by atoms with Crippen molar-refractivity contribution in [3.8, 4) is 5.75 Å². The summed E-state index contributed by atoms with van der Waals surface area (Å²) < 4.78 is 18.9. The maximum atomic E-state index is 13.1. The fraction of sp³-hybridized carbons (Fsp3) is 0.300. The Morgan fingerprint density at radius 1 is 1.12 bits per heavy atom. The van der Waals surface area contributed by atoms with Crippen molar-refractivity contribution in [1.29, 1.82) is 0 Å². The molecule has 6 heteroatoms. The molecule has 0 saturated carbocycles. The second-order valence-electron chi connectivity index (χ2n) is 6.92. The fourth-order valence-electron chi connectivity index (χ4n) is 3.00. The van der Waals surface area contributed by atoms with Crippen LogP contribution in [0.3, 0.4) is 0 Å². The quantitative estimate of drug-likeness (QED) is 0.828. The number of nitrogens with one attached hydrogen (secondary N) is 1. The summed E-state index contributed by atoms with van der Waals surface area (Å²) in [6.07, 6.45) is -1.04. The Morgan fingerprint density at radius 3 is 2.35 bits per heavy atom. The van der Waals surface area contributed by atoms with E-state index < -0.39 is 29.5 Å². The zero-order valence-electron chi connectivity index (χ0n) is 14.7. The summed E-state index contributed by atoms with van der Waals surface area (Å²) in [6.45, 7) is 4.88. The lowest BCUT2D eigenvalue weighted by atomic mass is 9.85. The first-order chi connectivity index (χ1) is 12.2. The van der Waals surface area contributed by atoms with Crippen LogP contribution in [0.1, 0.15) is 53.1 Å². The van der Waals surface area contributed by atoms with Crippen LogP contribution in [-0.2, 0) is 0 Å². The molecule has 0 aromatic heterocycles. The van der Waals surface area contributed by atoms with E-state index in [1.807, 2.05) is 0 Å². The van der Waals surface area contributed by atoms with Crippen LogP contribution < -0.4 is 10.1 Å². The lowest BCUT2D eigenvalue weighted by molar-refractivity contribution is -0.0627. The highest BCUT2D eigenvalue weighted by molar-refractivity contribution is 5.95. The molecule has 0 saturated heterocycles. The predicted molar refractivity (Wildman–Crippen MR) is 93.8 cm³/mol. The summed E-state index contributed by atoms with van der Waals surface area (Å²) in [4.78, 5) is 24.3.